The minimum atomic E-state index is -0.152. The molecule has 2 aromatic heterocycles. The van der Waals surface area contributed by atoms with Crippen LogP contribution in [-0.4, -0.2) is 38.3 Å². The van der Waals surface area contributed by atoms with E-state index in [0.29, 0.717) is 22.5 Å². The van der Waals surface area contributed by atoms with Gasteiger partial charge in [0.25, 0.3) is 5.56 Å². The molecule has 1 fully saturated rings. The lowest BCUT2D eigenvalue weighted by Gasteiger charge is -2.35. The lowest BCUT2D eigenvalue weighted by Crippen LogP contribution is -2.45. The molecule has 1 amide bonds. The Labute approximate surface area is 178 Å². The van der Waals surface area contributed by atoms with Crippen molar-refractivity contribution < 1.29 is 9.53 Å². The Morgan fingerprint density at radius 3 is 2.83 bits per heavy atom. The highest BCUT2D eigenvalue weighted by molar-refractivity contribution is 7.99. The lowest BCUT2D eigenvalue weighted by molar-refractivity contribution is -0.121. The average Bonchev–Trinajstić information content (AvgIpc) is 2.76. The fourth-order valence-corrected chi connectivity index (χ4v) is 4.94. The molecular formula is C22H24N4O3S. The van der Waals surface area contributed by atoms with E-state index in [9.17, 15) is 9.59 Å². The number of carbonyl (C=O) groups is 1. The van der Waals surface area contributed by atoms with Gasteiger partial charge in [-0.2, -0.15) is 0 Å². The van der Waals surface area contributed by atoms with Crippen molar-refractivity contribution in [3.63, 3.8) is 0 Å². The van der Waals surface area contributed by atoms with Crippen molar-refractivity contribution >= 4 is 28.6 Å². The van der Waals surface area contributed by atoms with Crippen molar-refractivity contribution in [3.05, 3.63) is 59.1 Å². The van der Waals surface area contributed by atoms with Gasteiger partial charge in [0.05, 0.1) is 16.2 Å². The molecule has 3 aromatic rings. The van der Waals surface area contributed by atoms with E-state index >= 15 is 0 Å². The van der Waals surface area contributed by atoms with E-state index in [1.54, 1.807) is 18.5 Å². The molecule has 1 aliphatic rings. The summed E-state index contributed by atoms with van der Waals surface area (Å²) in [5.41, 5.74) is 0.517. The number of carbonyl (C=O) groups excluding carboxylic acids is 1. The van der Waals surface area contributed by atoms with E-state index in [4.69, 9.17) is 4.74 Å². The maximum Gasteiger partial charge on any atom is 0.259 e. The number of hydrogen-bond donors (Lipinski definition) is 2. The number of ether oxygens (including phenoxy) is 1. The molecule has 0 radical (unpaired) electrons. The van der Waals surface area contributed by atoms with Gasteiger partial charge in [-0.05, 0) is 43.5 Å². The summed E-state index contributed by atoms with van der Waals surface area (Å²) in [7, 11) is 0. The highest BCUT2D eigenvalue weighted by atomic mass is 32.2. The third kappa shape index (κ3) is 4.81. The number of nitrogens with zero attached hydrogens (tertiary/aromatic N) is 2. The Morgan fingerprint density at radius 1 is 1.23 bits per heavy atom. The molecule has 0 spiro atoms. The minimum Gasteiger partial charge on any atom is -0.489 e. The molecule has 2 N–H and O–H groups in total. The van der Waals surface area contributed by atoms with E-state index in [2.05, 4.69) is 20.3 Å². The van der Waals surface area contributed by atoms with Crippen molar-refractivity contribution in [2.45, 2.75) is 55.2 Å². The van der Waals surface area contributed by atoms with Crippen LogP contribution in [0.2, 0.25) is 0 Å². The summed E-state index contributed by atoms with van der Waals surface area (Å²) in [5.74, 6) is 0.811. The molecule has 0 saturated heterocycles. The van der Waals surface area contributed by atoms with Crippen LogP contribution in [0, 0.1) is 0 Å². The average molecular weight is 425 g/mol. The molecule has 156 valence electrons. The zero-order chi connectivity index (χ0) is 20.9. The number of hydrogen-bond acceptors (Lipinski definition) is 6. The summed E-state index contributed by atoms with van der Waals surface area (Å²) in [6.07, 6.45) is 6.18. The molecule has 1 saturated carbocycles. The molecule has 0 bridgehead atoms. The number of pyridine rings is 1. The second-order valence-corrected chi connectivity index (χ2v) is 8.54. The first-order valence-electron chi connectivity index (χ1n) is 10.1. The van der Waals surface area contributed by atoms with E-state index in [0.717, 1.165) is 25.0 Å². The Hall–Kier alpha value is -2.87. The summed E-state index contributed by atoms with van der Waals surface area (Å²) in [6, 6.07) is 11.1. The van der Waals surface area contributed by atoms with Crippen LogP contribution in [0.15, 0.2) is 58.7 Å². The van der Waals surface area contributed by atoms with E-state index in [-0.39, 0.29) is 28.9 Å². The molecule has 3 unspecified atom stereocenters. The third-order valence-electron chi connectivity index (χ3n) is 5.21. The highest BCUT2D eigenvalue weighted by Crippen LogP contribution is 2.35. The van der Waals surface area contributed by atoms with Gasteiger partial charge in [-0.25, -0.2) is 4.98 Å². The van der Waals surface area contributed by atoms with E-state index < -0.39 is 0 Å². The Kier molecular flexibility index (Phi) is 6.32. The van der Waals surface area contributed by atoms with Crippen molar-refractivity contribution in [1.82, 2.24) is 20.3 Å². The van der Waals surface area contributed by atoms with Crippen LogP contribution in [0.4, 0.5) is 0 Å². The van der Waals surface area contributed by atoms with E-state index in [1.807, 2.05) is 37.3 Å². The van der Waals surface area contributed by atoms with Crippen molar-refractivity contribution in [2.75, 3.05) is 0 Å². The molecule has 2 heterocycles. The van der Waals surface area contributed by atoms with Crippen LogP contribution >= 0.6 is 11.8 Å². The number of amides is 1. The Balaban J connectivity index is 1.57. The fourth-order valence-electron chi connectivity index (χ4n) is 3.68. The zero-order valence-corrected chi connectivity index (χ0v) is 17.5. The molecule has 3 atom stereocenters. The number of fused-ring (bicyclic) bond motifs is 1. The standard InChI is InChI=1S/C22H24N4O3S/c1-2-20(27)24-14-7-8-18(29-15-9-11-23-12-10-15)19(13-14)30-22-25-17-6-4-3-5-16(17)21(28)26-22/h3-6,9-12,14,18-19H,2,7-8,13H2,1H3,(H,24,27)(H,25,26,28). The molecule has 8 heteroatoms. The van der Waals surface area contributed by atoms with Crippen molar-refractivity contribution in [2.24, 2.45) is 0 Å². The maximum absolute atomic E-state index is 12.5. The van der Waals surface area contributed by atoms with Gasteiger partial charge in [0.1, 0.15) is 11.9 Å². The predicted molar refractivity (Wildman–Crippen MR) is 117 cm³/mol. The van der Waals surface area contributed by atoms with Gasteiger partial charge < -0.3 is 15.0 Å². The number of nitrogens with one attached hydrogen (secondary N) is 2. The van der Waals surface area contributed by atoms with Crippen molar-refractivity contribution in [3.8, 4) is 5.75 Å². The number of aromatic nitrogens is 3. The number of aromatic amines is 1. The second-order valence-electron chi connectivity index (χ2n) is 7.31. The largest absolute Gasteiger partial charge is 0.489 e. The zero-order valence-electron chi connectivity index (χ0n) is 16.7. The minimum absolute atomic E-state index is 0.0263. The van der Waals surface area contributed by atoms with Gasteiger partial charge >= 0.3 is 0 Å². The smallest absolute Gasteiger partial charge is 0.259 e. The first-order chi connectivity index (χ1) is 14.6. The van der Waals surface area contributed by atoms with Crippen LogP contribution in [0.3, 0.4) is 0 Å². The van der Waals surface area contributed by atoms with Gasteiger partial charge in [0, 0.05) is 24.9 Å². The van der Waals surface area contributed by atoms with Crippen molar-refractivity contribution in [1.29, 1.82) is 0 Å². The summed E-state index contributed by atoms with van der Waals surface area (Å²) in [4.78, 5) is 35.9. The van der Waals surface area contributed by atoms with Crippen LogP contribution in [0.5, 0.6) is 5.75 Å². The maximum atomic E-state index is 12.5. The molecular weight excluding hydrogens is 400 g/mol. The van der Waals surface area contributed by atoms with Gasteiger partial charge in [0.2, 0.25) is 5.91 Å². The highest BCUT2D eigenvalue weighted by Gasteiger charge is 2.34. The first-order valence-corrected chi connectivity index (χ1v) is 11.0. The summed E-state index contributed by atoms with van der Waals surface area (Å²) >= 11 is 1.50. The second kappa shape index (κ2) is 9.30. The van der Waals surface area contributed by atoms with E-state index in [1.165, 1.54) is 11.8 Å². The van der Waals surface area contributed by atoms with Gasteiger partial charge in [-0.3, -0.25) is 14.6 Å². The van der Waals surface area contributed by atoms with Crippen LogP contribution in [-0.2, 0) is 4.79 Å². The lowest BCUT2D eigenvalue weighted by atomic mass is 9.92. The topological polar surface area (TPSA) is 97.0 Å². The molecule has 30 heavy (non-hydrogen) atoms. The Morgan fingerprint density at radius 2 is 2.03 bits per heavy atom. The number of thioether (sulfide) groups is 1. The van der Waals surface area contributed by atoms with Crippen LogP contribution in [0.25, 0.3) is 10.9 Å². The number of para-hydroxylation sites is 1. The SMILES string of the molecule is CCC(=O)NC1CCC(Oc2ccncc2)C(Sc2nc3ccccc3c(=O)[nH]2)C1. The summed E-state index contributed by atoms with van der Waals surface area (Å²) in [5, 5.41) is 4.26. The Bertz CT molecular complexity index is 1070. The first kappa shape index (κ1) is 20.4. The number of rotatable bonds is 6. The fraction of sp³-hybridized carbons (Fsp3) is 0.364. The molecule has 1 aromatic carbocycles. The van der Waals surface area contributed by atoms with Gasteiger partial charge in [0.15, 0.2) is 5.16 Å². The van der Waals surface area contributed by atoms with Gasteiger partial charge in [-0.1, -0.05) is 30.8 Å². The molecule has 7 nitrogen and oxygen atoms in total. The number of benzene rings is 1. The van der Waals surface area contributed by atoms with Gasteiger partial charge in [-0.15, -0.1) is 0 Å². The summed E-state index contributed by atoms with van der Waals surface area (Å²) in [6.45, 7) is 1.85. The quantitative estimate of drug-likeness (QED) is 0.590. The molecule has 4 rings (SSSR count). The van der Waals surface area contributed by atoms with Crippen LogP contribution in [0.1, 0.15) is 32.6 Å². The normalized spacial score (nSPS) is 21.3. The molecule has 0 aliphatic heterocycles. The van der Waals surface area contributed by atoms with Crippen LogP contribution < -0.4 is 15.6 Å². The predicted octanol–water partition coefficient (Wildman–Crippen LogP) is 3.31. The monoisotopic (exact) mass is 424 g/mol. The molecule has 1 aliphatic carbocycles. The third-order valence-corrected chi connectivity index (χ3v) is 6.42. The summed E-state index contributed by atoms with van der Waals surface area (Å²) < 4.78 is 6.24. The number of H-pyrrole nitrogens is 1.